The number of benzene rings is 1. The van der Waals surface area contributed by atoms with Crippen molar-refractivity contribution in [3.8, 4) is 11.5 Å². The van der Waals surface area contributed by atoms with Gasteiger partial charge < -0.3 is 9.47 Å². The molecule has 0 N–H and O–H groups in total. The van der Waals surface area contributed by atoms with Gasteiger partial charge in [-0.05, 0) is 36.6 Å². The molecule has 6 heteroatoms. The second-order valence-electron chi connectivity index (χ2n) is 6.46. The normalized spacial score (nSPS) is 20.5. The van der Waals surface area contributed by atoms with Crippen LogP contribution in [0.15, 0.2) is 65.2 Å². The molecule has 0 unspecified atom stereocenters. The van der Waals surface area contributed by atoms with Crippen molar-refractivity contribution >= 4 is 17.0 Å². The summed E-state index contributed by atoms with van der Waals surface area (Å²) in [5, 5.41) is 9.08. The minimum absolute atomic E-state index is 0.110. The molecule has 136 valence electrons. The number of rotatable bonds is 4. The van der Waals surface area contributed by atoms with Crippen LogP contribution in [0, 0.1) is 0 Å². The van der Waals surface area contributed by atoms with Crippen LogP contribution in [0.1, 0.15) is 41.7 Å². The van der Waals surface area contributed by atoms with Crippen molar-refractivity contribution in [3.63, 3.8) is 0 Å². The van der Waals surface area contributed by atoms with Crippen molar-refractivity contribution in [2.75, 3.05) is 6.61 Å². The van der Waals surface area contributed by atoms with E-state index in [4.69, 9.17) is 14.6 Å². The van der Waals surface area contributed by atoms with Gasteiger partial charge in [0.05, 0.1) is 23.2 Å². The molecule has 0 spiro atoms. The van der Waals surface area contributed by atoms with Gasteiger partial charge >= 0.3 is 0 Å². The van der Waals surface area contributed by atoms with E-state index in [1.165, 1.54) is 4.88 Å². The molecule has 3 aromatic rings. The van der Waals surface area contributed by atoms with Gasteiger partial charge in [-0.25, -0.2) is 5.01 Å². The number of aromatic nitrogens is 1. The Balaban J connectivity index is 1.62. The number of nitrogens with zero attached hydrogens (tertiary/aromatic N) is 3. The number of hydrogen-bond donors (Lipinski definition) is 0. The molecule has 5 rings (SSSR count). The first kappa shape index (κ1) is 16.3. The lowest BCUT2D eigenvalue weighted by Crippen LogP contribution is -2.34. The van der Waals surface area contributed by atoms with E-state index < -0.39 is 0 Å². The highest BCUT2D eigenvalue weighted by Gasteiger charge is 2.42. The highest BCUT2D eigenvalue weighted by Crippen LogP contribution is 2.50. The van der Waals surface area contributed by atoms with Crippen molar-refractivity contribution in [1.82, 2.24) is 9.99 Å². The summed E-state index contributed by atoms with van der Waals surface area (Å²) >= 11 is 1.72. The Morgan fingerprint density at radius 2 is 2.15 bits per heavy atom. The molecule has 0 saturated heterocycles. The maximum absolute atomic E-state index is 6.42. The molecular formula is C21H19N3O2S. The third-order valence-electron chi connectivity index (χ3n) is 4.83. The lowest BCUT2D eigenvalue weighted by atomic mass is 9.98. The maximum Gasteiger partial charge on any atom is 0.230 e. The first-order valence-electron chi connectivity index (χ1n) is 9.08. The monoisotopic (exact) mass is 377 g/mol. The van der Waals surface area contributed by atoms with Gasteiger partial charge in [0, 0.05) is 18.2 Å². The molecule has 0 bridgehead atoms. The van der Waals surface area contributed by atoms with Crippen LogP contribution in [0.5, 0.6) is 11.5 Å². The Morgan fingerprint density at radius 3 is 2.93 bits per heavy atom. The predicted molar refractivity (Wildman–Crippen MR) is 105 cm³/mol. The van der Waals surface area contributed by atoms with Crippen molar-refractivity contribution in [2.24, 2.45) is 5.10 Å². The number of fused-ring (bicyclic) bond motifs is 3. The van der Waals surface area contributed by atoms with E-state index in [0.717, 1.165) is 34.9 Å². The van der Waals surface area contributed by atoms with E-state index in [2.05, 4.69) is 33.6 Å². The molecule has 2 aromatic heterocycles. The highest BCUT2D eigenvalue weighted by atomic mass is 32.1. The smallest absolute Gasteiger partial charge is 0.230 e. The molecule has 0 saturated carbocycles. The quantitative estimate of drug-likeness (QED) is 0.656. The largest absolute Gasteiger partial charge is 0.490 e. The highest BCUT2D eigenvalue weighted by molar-refractivity contribution is 7.12. The summed E-state index contributed by atoms with van der Waals surface area (Å²) in [4.78, 5) is 5.73. The summed E-state index contributed by atoms with van der Waals surface area (Å²) in [5.74, 6) is 1.58. The van der Waals surface area contributed by atoms with Crippen molar-refractivity contribution < 1.29 is 9.47 Å². The Labute approximate surface area is 161 Å². The Morgan fingerprint density at radius 1 is 1.19 bits per heavy atom. The molecule has 0 aliphatic carbocycles. The second kappa shape index (κ2) is 6.70. The molecule has 27 heavy (non-hydrogen) atoms. The summed E-state index contributed by atoms with van der Waals surface area (Å²) < 4.78 is 12.3. The predicted octanol–water partition coefficient (Wildman–Crippen LogP) is 4.78. The first-order valence-corrected chi connectivity index (χ1v) is 9.96. The van der Waals surface area contributed by atoms with Gasteiger partial charge in [0.1, 0.15) is 5.69 Å². The molecule has 2 atom stereocenters. The molecule has 2 aliphatic heterocycles. The minimum atomic E-state index is -0.372. The number of pyridine rings is 1. The van der Waals surface area contributed by atoms with Gasteiger partial charge in [-0.15, -0.1) is 11.3 Å². The van der Waals surface area contributed by atoms with Gasteiger partial charge in [0.15, 0.2) is 11.5 Å². The molecule has 0 radical (unpaired) electrons. The average molecular weight is 377 g/mol. The van der Waals surface area contributed by atoms with Crippen molar-refractivity contribution in [2.45, 2.75) is 25.6 Å². The van der Waals surface area contributed by atoms with Crippen LogP contribution in [0.2, 0.25) is 0 Å². The molecule has 5 nitrogen and oxygen atoms in total. The van der Waals surface area contributed by atoms with Crippen LogP contribution in [-0.4, -0.2) is 22.3 Å². The van der Waals surface area contributed by atoms with Crippen molar-refractivity contribution in [3.05, 3.63) is 76.2 Å². The fraction of sp³-hybridized carbons (Fsp3) is 0.238. The first-order chi connectivity index (χ1) is 13.3. The fourth-order valence-electron chi connectivity index (χ4n) is 3.66. The SMILES string of the molecule is CCOc1cccc2c1O[C@H](c1ccccn1)N1N=C(c3cccs3)C[C@H]21. The Kier molecular flexibility index (Phi) is 4.05. The number of hydrogen-bond acceptors (Lipinski definition) is 6. The standard InChI is InChI=1S/C21H19N3O2S/c1-2-25-18-9-5-7-14-17-13-16(19-10-6-12-27-19)23-24(17)21(26-20(14)18)15-8-3-4-11-22-15/h3-12,17,21H,2,13H2,1H3/t17-,21-/m1/s1. The maximum atomic E-state index is 6.42. The van der Waals surface area contributed by atoms with E-state index >= 15 is 0 Å². The lowest BCUT2D eigenvalue weighted by molar-refractivity contribution is -0.0240. The van der Waals surface area contributed by atoms with E-state index in [1.807, 2.05) is 37.3 Å². The van der Waals surface area contributed by atoms with Gasteiger partial charge in [-0.3, -0.25) is 4.98 Å². The van der Waals surface area contributed by atoms with E-state index in [9.17, 15) is 0 Å². The summed E-state index contributed by atoms with van der Waals surface area (Å²) in [6, 6.07) is 16.3. The summed E-state index contributed by atoms with van der Waals surface area (Å²) in [7, 11) is 0. The third-order valence-corrected chi connectivity index (χ3v) is 5.75. The molecule has 2 aliphatic rings. The fourth-order valence-corrected chi connectivity index (χ4v) is 4.38. The van der Waals surface area contributed by atoms with Crippen LogP contribution < -0.4 is 9.47 Å². The van der Waals surface area contributed by atoms with Gasteiger partial charge in [-0.2, -0.15) is 5.10 Å². The molecule has 4 heterocycles. The minimum Gasteiger partial charge on any atom is -0.490 e. The summed E-state index contributed by atoms with van der Waals surface area (Å²) in [6.45, 7) is 2.58. The van der Waals surface area contributed by atoms with E-state index in [-0.39, 0.29) is 12.3 Å². The zero-order valence-electron chi connectivity index (χ0n) is 14.9. The number of hydrazone groups is 1. The van der Waals surface area contributed by atoms with Crippen LogP contribution in [0.3, 0.4) is 0 Å². The van der Waals surface area contributed by atoms with Crippen molar-refractivity contribution in [1.29, 1.82) is 0 Å². The van der Waals surface area contributed by atoms with Gasteiger partial charge in [0.2, 0.25) is 6.23 Å². The number of para-hydroxylation sites is 1. The zero-order chi connectivity index (χ0) is 18.2. The second-order valence-corrected chi connectivity index (χ2v) is 7.40. The topological polar surface area (TPSA) is 47.0 Å². The van der Waals surface area contributed by atoms with Crippen LogP contribution in [0.4, 0.5) is 0 Å². The zero-order valence-corrected chi connectivity index (χ0v) is 15.7. The Hall–Kier alpha value is -2.86. The summed E-state index contributed by atoms with van der Waals surface area (Å²) in [5.41, 5.74) is 3.05. The number of thiophene rings is 1. The van der Waals surface area contributed by atoms with E-state index in [1.54, 1.807) is 17.5 Å². The molecular weight excluding hydrogens is 358 g/mol. The number of ether oxygens (including phenoxy) is 2. The molecule has 0 fully saturated rings. The van der Waals surface area contributed by atoms with Crippen LogP contribution >= 0.6 is 11.3 Å². The van der Waals surface area contributed by atoms with E-state index in [0.29, 0.717) is 6.61 Å². The summed E-state index contributed by atoms with van der Waals surface area (Å²) in [6.07, 6.45) is 2.26. The molecule has 0 amide bonds. The lowest BCUT2D eigenvalue weighted by Gasteiger charge is -2.38. The third kappa shape index (κ3) is 2.77. The van der Waals surface area contributed by atoms with Gasteiger partial charge in [0.25, 0.3) is 0 Å². The molecule has 1 aromatic carbocycles. The Bertz CT molecular complexity index is 972. The van der Waals surface area contributed by atoms with Crippen LogP contribution in [0.25, 0.3) is 0 Å². The average Bonchev–Trinajstić information content (AvgIpc) is 3.38. The van der Waals surface area contributed by atoms with Gasteiger partial charge in [-0.1, -0.05) is 24.3 Å². The van der Waals surface area contributed by atoms with Crippen LogP contribution in [-0.2, 0) is 0 Å².